The molecule has 0 bridgehead atoms. The van der Waals surface area contributed by atoms with Crippen LogP contribution in [0.3, 0.4) is 0 Å². The fourth-order valence-corrected chi connectivity index (χ4v) is 1.82. The van der Waals surface area contributed by atoms with Crippen molar-refractivity contribution >= 4 is 15.9 Å². The van der Waals surface area contributed by atoms with Crippen molar-refractivity contribution in [3.8, 4) is 11.9 Å². The summed E-state index contributed by atoms with van der Waals surface area (Å²) in [5.74, 6) is 0.425. The Bertz CT molecular complexity index is 396. The molecule has 0 radical (unpaired) electrons. The third kappa shape index (κ3) is 2.46. The fraction of sp³-hybridized carbons (Fsp3) is 0.400. The average Bonchev–Trinajstić information content (AvgIpc) is 2.73. The van der Waals surface area contributed by atoms with Crippen molar-refractivity contribution in [2.45, 2.75) is 12.5 Å². The van der Waals surface area contributed by atoms with Crippen LogP contribution in [0, 0.1) is 11.3 Å². The number of hydrogen-bond donors (Lipinski definition) is 1. The summed E-state index contributed by atoms with van der Waals surface area (Å²) < 4.78 is 6.42. The Morgan fingerprint density at radius 3 is 3.20 bits per heavy atom. The number of nitrogens with one attached hydrogen (secondary N) is 1. The number of hydrogen-bond acceptors (Lipinski definition) is 4. The molecule has 0 amide bonds. The lowest BCUT2D eigenvalue weighted by atomic mass is 10.3. The molecular weight excluding hydrogens is 258 g/mol. The first-order valence-electron chi connectivity index (χ1n) is 4.72. The quantitative estimate of drug-likeness (QED) is 0.882. The molecule has 2 rings (SSSR count). The van der Waals surface area contributed by atoms with Crippen molar-refractivity contribution in [2.75, 3.05) is 13.1 Å². The molecule has 5 heteroatoms. The van der Waals surface area contributed by atoms with Crippen LogP contribution in [0.1, 0.15) is 12.0 Å². The van der Waals surface area contributed by atoms with E-state index in [0.29, 0.717) is 11.4 Å². The molecule has 1 saturated heterocycles. The number of halogens is 1. The average molecular weight is 268 g/mol. The Balaban J connectivity index is 2.16. The van der Waals surface area contributed by atoms with Gasteiger partial charge in [-0.1, -0.05) is 0 Å². The second-order valence-corrected chi connectivity index (χ2v) is 4.27. The molecule has 1 N–H and O–H groups in total. The minimum atomic E-state index is 0.130. The summed E-state index contributed by atoms with van der Waals surface area (Å²) in [6.45, 7) is 1.78. The first kappa shape index (κ1) is 10.4. The number of nitriles is 1. The van der Waals surface area contributed by atoms with Gasteiger partial charge in [-0.15, -0.1) is 0 Å². The Morgan fingerprint density at radius 1 is 1.67 bits per heavy atom. The van der Waals surface area contributed by atoms with Gasteiger partial charge < -0.3 is 10.1 Å². The molecule has 0 spiro atoms. The minimum absolute atomic E-state index is 0.130. The predicted molar refractivity (Wildman–Crippen MR) is 58.6 cm³/mol. The molecule has 2 heterocycles. The van der Waals surface area contributed by atoms with Gasteiger partial charge in [0.2, 0.25) is 5.88 Å². The predicted octanol–water partition coefficient (Wildman–Crippen LogP) is 1.46. The Labute approximate surface area is 96.4 Å². The number of nitrogens with zero attached hydrogens (tertiary/aromatic N) is 2. The molecule has 1 aromatic rings. The van der Waals surface area contributed by atoms with Crippen molar-refractivity contribution in [3.63, 3.8) is 0 Å². The Hall–Kier alpha value is -1.12. The zero-order valence-corrected chi connectivity index (χ0v) is 9.62. The SMILES string of the molecule is N#Cc1cc(Br)cnc1OC1CCNC1. The lowest BCUT2D eigenvalue weighted by Crippen LogP contribution is -2.20. The highest BCUT2D eigenvalue weighted by Crippen LogP contribution is 2.21. The molecule has 15 heavy (non-hydrogen) atoms. The van der Waals surface area contributed by atoms with Crippen molar-refractivity contribution in [1.82, 2.24) is 10.3 Å². The molecule has 0 saturated carbocycles. The molecule has 1 fully saturated rings. The van der Waals surface area contributed by atoms with E-state index in [1.165, 1.54) is 0 Å². The van der Waals surface area contributed by atoms with Crippen LogP contribution < -0.4 is 10.1 Å². The summed E-state index contributed by atoms with van der Waals surface area (Å²) in [7, 11) is 0. The third-order valence-electron chi connectivity index (χ3n) is 2.23. The first-order valence-corrected chi connectivity index (χ1v) is 5.52. The summed E-state index contributed by atoms with van der Waals surface area (Å²) in [5, 5.41) is 12.1. The van der Waals surface area contributed by atoms with Crippen LogP contribution in [0.4, 0.5) is 0 Å². The van der Waals surface area contributed by atoms with E-state index in [9.17, 15) is 0 Å². The zero-order chi connectivity index (χ0) is 10.7. The molecule has 78 valence electrons. The molecule has 1 aliphatic heterocycles. The largest absolute Gasteiger partial charge is 0.472 e. The number of aromatic nitrogens is 1. The van der Waals surface area contributed by atoms with Crippen LogP contribution in [0.5, 0.6) is 5.88 Å². The highest BCUT2D eigenvalue weighted by molar-refractivity contribution is 9.10. The van der Waals surface area contributed by atoms with Gasteiger partial charge in [-0.25, -0.2) is 4.98 Å². The first-order chi connectivity index (χ1) is 7.29. The molecule has 1 aliphatic rings. The van der Waals surface area contributed by atoms with Gasteiger partial charge >= 0.3 is 0 Å². The van der Waals surface area contributed by atoms with E-state index < -0.39 is 0 Å². The van der Waals surface area contributed by atoms with Crippen molar-refractivity contribution < 1.29 is 4.74 Å². The monoisotopic (exact) mass is 267 g/mol. The highest BCUT2D eigenvalue weighted by atomic mass is 79.9. The lowest BCUT2D eigenvalue weighted by molar-refractivity contribution is 0.213. The van der Waals surface area contributed by atoms with Gasteiger partial charge in [0.25, 0.3) is 0 Å². The number of ether oxygens (including phenoxy) is 1. The summed E-state index contributed by atoms with van der Waals surface area (Å²) in [6, 6.07) is 3.79. The second kappa shape index (κ2) is 4.60. The van der Waals surface area contributed by atoms with Gasteiger partial charge in [-0.3, -0.25) is 0 Å². The normalized spacial score (nSPS) is 19.9. The van der Waals surface area contributed by atoms with Gasteiger partial charge in [0.1, 0.15) is 17.7 Å². The van der Waals surface area contributed by atoms with Crippen LogP contribution in [0.2, 0.25) is 0 Å². The summed E-state index contributed by atoms with van der Waals surface area (Å²) in [5.41, 5.74) is 0.469. The molecule has 0 aliphatic carbocycles. The molecule has 1 aromatic heterocycles. The third-order valence-corrected chi connectivity index (χ3v) is 2.67. The summed E-state index contributed by atoms with van der Waals surface area (Å²) in [4.78, 5) is 4.09. The highest BCUT2D eigenvalue weighted by Gasteiger charge is 2.18. The van der Waals surface area contributed by atoms with Crippen LogP contribution in [0.15, 0.2) is 16.7 Å². The Kier molecular flexibility index (Phi) is 3.19. The van der Waals surface area contributed by atoms with E-state index >= 15 is 0 Å². The minimum Gasteiger partial charge on any atom is -0.472 e. The van der Waals surface area contributed by atoms with E-state index in [-0.39, 0.29) is 6.10 Å². The van der Waals surface area contributed by atoms with Crippen LogP contribution in [-0.4, -0.2) is 24.2 Å². The molecular formula is C10H10BrN3O. The number of pyridine rings is 1. The topological polar surface area (TPSA) is 57.9 Å². The maximum atomic E-state index is 8.91. The summed E-state index contributed by atoms with van der Waals surface area (Å²) in [6.07, 6.45) is 2.73. The van der Waals surface area contributed by atoms with Crippen LogP contribution in [-0.2, 0) is 0 Å². The van der Waals surface area contributed by atoms with E-state index in [0.717, 1.165) is 24.0 Å². The fourth-order valence-electron chi connectivity index (χ4n) is 1.49. The standard InChI is InChI=1S/C10H10BrN3O/c11-8-3-7(4-12)10(14-5-8)15-9-1-2-13-6-9/h3,5,9,13H,1-2,6H2. The summed E-state index contributed by atoms with van der Waals surface area (Å²) >= 11 is 3.27. The zero-order valence-electron chi connectivity index (χ0n) is 8.03. The molecule has 1 atom stereocenters. The van der Waals surface area contributed by atoms with Gasteiger partial charge in [0, 0.05) is 17.2 Å². The van der Waals surface area contributed by atoms with Gasteiger partial charge in [0.05, 0.1) is 0 Å². The number of rotatable bonds is 2. The maximum Gasteiger partial charge on any atom is 0.232 e. The molecule has 4 nitrogen and oxygen atoms in total. The Morgan fingerprint density at radius 2 is 2.53 bits per heavy atom. The second-order valence-electron chi connectivity index (χ2n) is 3.35. The van der Waals surface area contributed by atoms with Crippen LogP contribution in [0.25, 0.3) is 0 Å². The van der Waals surface area contributed by atoms with E-state index in [4.69, 9.17) is 10.00 Å². The van der Waals surface area contributed by atoms with E-state index in [1.807, 2.05) is 0 Å². The van der Waals surface area contributed by atoms with Gasteiger partial charge in [-0.05, 0) is 35.0 Å². The van der Waals surface area contributed by atoms with E-state index in [2.05, 4.69) is 32.3 Å². The van der Waals surface area contributed by atoms with Crippen molar-refractivity contribution in [1.29, 1.82) is 5.26 Å². The lowest BCUT2D eigenvalue weighted by Gasteiger charge is -2.12. The van der Waals surface area contributed by atoms with Gasteiger partial charge in [-0.2, -0.15) is 5.26 Å². The smallest absolute Gasteiger partial charge is 0.232 e. The van der Waals surface area contributed by atoms with Crippen molar-refractivity contribution in [3.05, 3.63) is 22.3 Å². The molecule has 0 aromatic carbocycles. The van der Waals surface area contributed by atoms with E-state index in [1.54, 1.807) is 12.3 Å². The van der Waals surface area contributed by atoms with Gasteiger partial charge in [0.15, 0.2) is 0 Å². The van der Waals surface area contributed by atoms with Crippen molar-refractivity contribution in [2.24, 2.45) is 0 Å². The maximum absolute atomic E-state index is 8.91. The molecule has 1 unspecified atom stereocenters. The van der Waals surface area contributed by atoms with Crippen LogP contribution >= 0.6 is 15.9 Å².